The molecule has 0 bridgehead atoms. The molecule has 0 saturated carbocycles. The molecule has 0 amide bonds. The van der Waals surface area contributed by atoms with E-state index < -0.39 is 0 Å². The largest absolute Gasteiger partial charge is 0.379 e. The first kappa shape index (κ1) is 24.6. The lowest BCUT2D eigenvalue weighted by atomic mass is 9.93. The Labute approximate surface area is 184 Å². The Kier molecular flexibility index (Phi) is 11.7. The molecule has 0 aliphatic carbocycles. The molecule has 2 heterocycles. The molecule has 1 fully saturated rings. The zero-order valence-electron chi connectivity index (χ0n) is 17.0. The number of halogens is 1. The highest BCUT2D eigenvalue weighted by atomic mass is 127. The van der Waals surface area contributed by atoms with Gasteiger partial charge in [-0.05, 0) is 19.3 Å². The second-order valence-electron chi connectivity index (χ2n) is 7.62. The van der Waals surface area contributed by atoms with Gasteiger partial charge in [0.15, 0.2) is 5.96 Å². The first-order valence-corrected chi connectivity index (χ1v) is 10.5. The highest BCUT2D eigenvalue weighted by Crippen LogP contribution is 2.23. The molecule has 2 rings (SSSR count). The molecule has 1 aliphatic rings. The van der Waals surface area contributed by atoms with Crippen molar-refractivity contribution in [3.8, 4) is 0 Å². The van der Waals surface area contributed by atoms with Crippen molar-refractivity contribution in [3.05, 3.63) is 16.1 Å². The number of aromatic nitrogens is 1. The van der Waals surface area contributed by atoms with E-state index in [4.69, 9.17) is 14.5 Å². The lowest BCUT2D eigenvalue weighted by Crippen LogP contribution is -2.39. The summed E-state index contributed by atoms with van der Waals surface area (Å²) in [5.41, 5.74) is 1.29. The Morgan fingerprint density at radius 2 is 2.15 bits per heavy atom. The third-order valence-corrected chi connectivity index (χ3v) is 5.17. The Hall–Kier alpha value is -0.450. The van der Waals surface area contributed by atoms with Gasteiger partial charge in [-0.2, -0.15) is 0 Å². The van der Waals surface area contributed by atoms with Gasteiger partial charge in [0.05, 0.1) is 23.4 Å². The fourth-order valence-electron chi connectivity index (χ4n) is 2.65. The predicted molar refractivity (Wildman–Crippen MR) is 124 cm³/mol. The van der Waals surface area contributed by atoms with Gasteiger partial charge >= 0.3 is 0 Å². The first-order chi connectivity index (χ1) is 12.5. The van der Waals surface area contributed by atoms with Gasteiger partial charge in [0.2, 0.25) is 0 Å². The van der Waals surface area contributed by atoms with Crippen LogP contribution >= 0.6 is 35.3 Å². The molecule has 1 aromatic rings. The van der Waals surface area contributed by atoms with Crippen molar-refractivity contribution in [2.75, 3.05) is 40.0 Å². The summed E-state index contributed by atoms with van der Waals surface area (Å²) in [5, 5.41) is 10.0. The zero-order valence-corrected chi connectivity index (χ0v) is 20.2. The molecule has 0 spiro atoms. The van der Waals surface area contributed by atoms with Crippen LogP contribution in [0.5, 0.6) is 0 Å². The second-order valence-corrected chi connectivity index (χ2v) is 8.56. The van der Waals surface area contributed by atoms with E-state index in [1.54, 1.807) is 18.4 Å². The molecule has 6 nitrogen and oxygen atoms in total. The molecule has 2 N–H and O–H groups in total. The van der Waals surface area contributed by atoms with Crippen LogP contribution in [-0.4, -0.2) is 57.0 Å². The van der Waals surface area contributed by atoms with Crippen LogP contribution in [-0.2, 0) is 21.3 Å². The number of thiazole rings is 1. The molecule has 8 heteroatoms. The Morgan fingerprint density at radius 1 is 1.37 bits per heavy atom. The summed E-state index contributed by atoms with van der Waals surface area (Å²) in [5.74, 6) is 0.830. The van der Waals surface area contributed by atoms with Crippen LogP contribution < -0.4 is 10.6 Å². The van der Waals surface area contributed by atoms with Crippen LogP contribution in [0.3, 0.4) is 0 Å². The fourth-order valence-corrected chi connectivity index (χ4v) is 3.68. The molecular formula is C19H35IN4O2S. The number of ether oxygens (including phenoxy) is 2. The van der Waals surface area contributed by atoms with E-state index in [1.807, 2.05) is 0 Å². The average Bonchev–Trinajstić information content (AvgIpc) is 3.27. The number of rotatable bonds is 9. The van der Waals surface area contributed by atoms with Crippen LogP contribution in [0.2, 0.25) is 0 Å². The topological polar surface area (TPSA) is 67.8 Å². The summed E-state index contributed by atoms with van der Waals surface area (Å²) in [6.07, 6.45) is 4.46. The number of nitrogens with one attached hydrogen (secondary N) is 2. The third-order valence-electron chi connectivity index (χ3n) is 4.26. The number of aliphatic imine (C=N–C) groups is 1. The van der Waals surface area contributed by atoms with Crippen LogP contribution in [0.4, 0.5) is 0 Å². The number of guanidine groups is 1. The quantitative estimate of drug-likeness (QED) is 0.231. The van der Waals surface area contributed by atoms with E-state index in [9.17, 15) is 0 Å². The van der Waals surface area contributed by atoms with Crippen LogP contribution in [0.25, 0.3) is 0 Å². The lowest BCUT2D eigenvalue weighted by molar-refractivity contribution is 0.0168. The van der Waals surface area contributed by atoms with Crippen molar-refractivity contribution in [2.24, 2.45) is 4.99 Å². The van der Waals surface area contributed by atoms with Gasteiger partial charge < -0.3 is 20.1 Å². The normalized spacial score (nSPS) is 17.6. The summed E-state index contributed by atoms with van der Waals surface area (Å²) in [6.45, 7) is 10.6. The molecule has 1 atom stereocenters. The van der Waals surface area contributed by atoms with Crippen molar-refractivity contribution in [2.45, 2.75) is 58.0 Å². The van der Waals surface area contributed by atoms with E-state index in [1.165, 1.54) is 10.7 Å². The molecule has 1 aromatic heterocycles. The summed E-state index contributed by atoms with van der Waals surface area (Å²) in [4.78, 5) is 8.99. The van der Waals surface area contributed by atoms with Crippen LogP contribution in [0.1, 0.15) is 50.7 Å². The lowest BCUT2D eigenvalue weighted by Gasteiger charge is -2.14. The van der Waals surface area contributed by atoms with Gasteiger partial charge in [-0.15, -0.1) is 35.3 Å². The predicted octanol–water partition coefficient (Wildman–Crippen LogP) is 3.35. The average molecular weight is 510 g/mol. The molecule has 1 unspecified atom stereocenters. The summed E-state index contributed by atoms with van der Waals surface area (Å²) < 4.78 is 11.2. The Morgan fingerprint density at radius 3 is 2.78 bits per heavy atom. The highest BCUT2D eigenvalue weighted by molar-refractivity contribution is 14.0. The van der Waals surface area contributed by atoms with Gasteiger partial charge in [-0.25, -0.2) is 4.98 Å². The third kappa shape index (κ3) is 9.54. The van der Waals surface area contributed by atoms with Gasteiger partial charge in [0.1, 0.15) is 0 Å². The number of hydrogen-bond donors (Lipinski definition) is 2. The first-order valence-electron chi connectivity index (χ1n) is 9.58. The van der Waals surface area contributed by atoms with E-state index >= 15 is 0 Å². The number of nitrogens with zero attached hydrogens (tertiary/aromatic N) is 2. The Bertz CT molecular complexity index is 554. The fraction of sp³-hybridized carbons (Fsp3) is 0.789. The van der Waals surface area contributed by atoms with Crippen molar-refractivity contribution in [3.63, 3.8) is 0 Å². The Balaban J connectivity index is 0.00000364. The molecule has 1 aliphatic heterocycles. The van der Waals surface area contributed by atoms with Crippen LogP contribution in [0.15, 0.2) is 10.4 Å². The molecule has 0 aromatic carbocycles. The maximum absolute atomic E-state index is 5.67. The minimum absolute atomic E-state index is 0. The molecule has 0 radical (unpaired) electrons. The molecule has 27 heavy (non-hydrogen) atoms. The van der Waals surface area contributed by atoms with Gasteiger partial charge in [0.25, 0.3) is 0 Å². The maximum atomic E-state index is 5.67. The van der Waals surface area contributed by atoms with Crippen LogP contribution in [0, 0.1) is 0 Å². The maximum Gasteiger partial charge on any atom is 0.190 e. The monoisotopic (exact) mass is 510 g/mol. The van der Waals surface area contributed by atoms with Crippen molar-refractivity contribution < 1.29 is 9.47 Å². The van der Waals surface area contributed by atoms with Crippen molar-refractivity contribution in [1.82, 2.24) is 15.6 Å². The molecular weight excluding hydrogens is 475 g/mol. The van der Waals surface area contributed by atoms with Crippen molar-refractivity contribution >= 4 is 41.3 Å². The summed E-state index contributed by atoms with van der Waals surface area (Å²) in [7, 11) is 1.80. The van der Waals surface area contributed by atoms with E-state index in [2.05, 4.69) is 41.8 Å². The van der Waals surface area contributed by atoms with E-state index in [0.717, 1.165) is 64.6 Å². The van der Waals surface area contributed by atoms with Crippen molar-refractivity contribution in [1.29, 1.82) is 0 Å². The van der Waals surface area contributed by atoms with Gasteiger partial charge in [0, 0.05) is 50.6 Å². The number of hydrogen-bond acceptors (Lipinski definition) is 5. The van der Waals surface area contributed by atoms with E-state index in [-0.39, 0.29) is 29.4 Å². The highest BCUT2D eigenvalue weighted by Gasteiger charge is 2.17. The minimum atomic E-state index is 0. The standard InChI is InChI=1S/C19H34N4O2S.HI/c1-19(2,3)16-14-26-17(23-16)8-10-22-18(20-4)21-9-6-11-24-13-15-7-5-12-25-15;/h14-15H,5-13H2,1-4H3,(H2,20,21,22);1H. The zero-order chi connectivity index (χ0) is 18.8. The smallest absolute Gasteiger partial charge is 0.190 e. The minimum Gasteiger partial charge on any atom is -0.379 e. The molecule has 156 valence electrons. The molecule has 1 saturated heterocycles. The van der Waals surface area contributed by atoms with Gasteiger partial charge in [-0.1, -0.05) is 20.8 Å². The van der Waals surface area contributed by atoms with E-state index in [0.29, 0.717) is 6.10 Å². The second kappa shape index (κ2) is 12.9. The van der Waals surface area contributed by atoms with Gasteiger partial charge in [-0.3, -0.25) is 4.99 Å². The SMILES string of the molecule is CN=C(NCCCOCC1CCCO1)NCCc1nc(C(C)(C)C)cs1.I. The summed E-state index contributed by atoms with van der Waals surface area (Å²) >= 11 is 1.73. The summed E-state index contributed by atoms with van der Waals surface area (Å²) in [6, 6.07) is 0.